The Labute approximate surface area is 224 Å². The van der Waals surface area contributed by atoms with E-state index < -0.39 is 17.5 Å². The van der Waals surface area contributed by atoms with E-state index >= 15 is 4.39 Å². The van der Waals surface area contributed by atoms with Crippen LogP contribution in [0.3, 0.4) is 0 Å². The highest BCUT2D eigenvalue weighted by Gasteiger charge is 2.22. The Bertz CT molecular complexity index is 1200. The standard InChI is InChI=1S/C28H34F2N4O2.C2H2/c1-4-7-18-36-24-15-12-19(29)25(26(24)30)22-14-13-20(31)27(32-22)28(35)33-21(6-3)23(11-5-2)34-16-9-8-10-17-34;1-2/h5-6,11-15H,3-4,7-10,16-18,31H2,1-2H3,(H,33,35);1-2H/b11-5-,23-21-;. The van der Waals surface area contributed by atoms with Crippen LogP contribution >= 0.6 is 0 Å². The van der Waals surface area contributed by atoms with E-state index in [4.69, 9.17) is 10.5 Å². The summed E-state index contributed by atoms with van der Waals surface area (Å²) < 4.78 is 35.3. The van der Waals surface area contributed by atoms with Crippen LogP contribution in [0.4, 0.5) is 14.5 Å². The van der Waals surface area contributed by atoms with Crippen molar-refractivity contribution in [2.24, 2.45) is 0 Å². The number of nitrogens with two attached hydrogens (primary N) is 1. The summed E-state index contributed by atoms with van der Waals surface area (Å²) in [5.41, 5.74) is 6.91. The number of hydrogen-bond donors (Lipinski definition) is 2. The number of piperidine rings is 1. The quantitative estimate of drug-likeness (QED) is 0.220. The number of amides is 1. The third-order valence-electron chi connectivity index (χ3n) is 5.96. The van der Waals surface area contributed by atoms with E-state index in [0.717, 1.165) is 50.5 Å². The first-order chi connectivity index (χ1) is 18.4. The molecule has 1 aromatic carbocycles. The van der Waals surface area contributed by atoms with Gasteiger partial charge in [0.2, 0.25) is 0 Å². The molecule has 1 saturated heterocycles. The van der Waals surface area contributed by atoms with Crippen molar-refractivity contribution < 1.29 is 18.3 Å². The van der Waals surface area contributed by atoms with Crippen LogP contribution < -0.4 is 15.8 Å². The van der Waals surface area contributed by atoms with Gasteiger partial charge in [-0.1, -0.05) is 26.0 Å². The third-order valence-corrected chi connectivity index (χ3v) is 5.96. The van der Waals surface area contributed by atoms with Gasteiger partial charge >= 0.3 is 0 Å². The predicted octanol–water partition coefficient (Wildman–Crippen LogP) is 6.23. The van der Waals surface area contributed by atoms with Gasteiger partial charge in [0.15, 0.2) is 17.3 Å². The monoisotopic (exact) mass is 522 g/mol. The number of nitrogens with one attached hydrogen (secondary N) is 1. The second kappa shape index (κ2) is 15.2. The van der Waals surface area contributed by atoms with Gasteiger partial charge in [-0.05, 0) is 69.0 Å². The molecule has 0 atom stereocenters. The first kappa shape index (κ1) is 30.1. The van der Waals surface area contributed by atoms with Gasteiger partial charge in [-0.15, -0.1) is 12.8 Å². The zero-order chi connectivity index (χ0) is 28.1. The lowest BCUT2D eigenvalue weighted by atomic mass is 10.1. The molecular formula is C30H36F2N4O2. The highest BCUT2D eigenvalue weighted by Crippen LogP contribution is 2.32. The van der Waals surface area contributed by atoms with Crippen LogP contribution in [0.15, 0.2) is 60.5 Å². The van der Waals surface area contributed by atoms with Gasteiger partial charge in [-0.2, -0.15) is 0 Å². The zero-order valence-corrected chi connectivity index (χ0v) is 22.1. The number of benzene rings is 1. The number of anilines is 1. The summed E-state index contributed by atoms with van der Waals surface area (Å²) in [6.45, 7) is 9.80. The van der Waals surface area contributed by atoms with Gasteiger partial charge in [-0.3, -0.25) is 4.79 Å². The number of nitrogen functional groups attached to an aromatic ring is 1. The zero-order valence-electron chi connectivity index (χ0n) is 22.1. The molecule has 3 N–H and O–H groups in total. The lowest BCUT2D eigenvalue weighted by molar-refractivity contribution is 0.0962. The minimum absolute atomic E-state index is 0.0564. The molecule has 1 aromatic heterocycles. The van der Waals surface area contributed by atoms with Crippen molar-refractivity contribution in [2.75, 3.05) is 25.4 Å². The first-order valence-electron chi connectivity index (χ1n) is 12.7. The number of rotatable bonds is 10. The van der Waals surface area contributed by atoms with Crippen LogP contribution in [0, 0.1) is 24.5 Å². The van der Waals surface area contributed by atoms with Gasteiger partial charge in [0, 0.05) is 13.1 Å². The summed E-state index contributed by atoms with van der Waals surface area (Å²) in [6.07, 6.45) is 18.3. The first-order valence-corrected chi connectivity index (χ1v) is 12.7. The number of ether oxygens (including phenoxy) is 1. The molecule has 2 aromatic rings. The van der Waals surface area contributed by atoms with E-state index in [1.807, 2.05) is 26.0 Å². The molecule has 8 heteroatoms. The van der Waals surface area contributed by atoms with E-state index in [1.54, 1.807) is 6.08 Å². The Morgan fingerprint density at radius 2 is 1.92 bits per heavy atom. The highest BCUT2D eigenvalue weighted by atomic mass is 19.1. The van der Waals surface area contributed by atoms with Crippen molar-refractivity contribution in [3.63, 3.8) is 0 Å². The van der Waals surface area contributed by atoms with Crippen LogP contribution in [0.25, 0.3) is 11.3 Å². The number of likely N-dealkylation sites (tertiary alicyclic amines) is 1. The summed E-state index contributed by atoms with van der Waals surface area (Å²) in [6, 6.07) is 5.17. The minimum atomic E-state index is -0.873. The van der Waals surface area contributed by atoms with Crippen molar-refractivity contribution in [2.45, 2.75) is 46.0 Å². The van der Waals surface area contributed by atoms with E-state index in [-0.39, 0.29) is 28.4 Å². The molecule has 0 saturated carbocycles. The lowest BCUT2D eigenvalue weighted by Crippen LogP contribution is -2.33. The minimum Gasteiger partial charge on any atom is -0.490 e. The van der Waals surface area contributed by atoms with E-state index in [1.165, 1.54) is 24.6 Å². The smallest absolute Gasteiger partial charge is 0.276 e. The summed E-state index contributed by atoms with van der Waals surface area (Å²) >= 11 is 0. The Morgan fingerprint density at radius 3 is 2.55 bits per heavy atom. The van der Waals surface area contributed by atoms with Gasteiger partial charge in [0.25, 0.3) is 5.91 Å². The number of allylic oxidation sites excluding steroid dienone is 3. The van der Waals surface area contributed by atoms with E-state index in [9.17, 15) is 9.18 Å². The largest absolute Gasteiger partial charge is 0.490 e. The predicted molar refractivity (Wildman–Crippen MR) is 149 cm³/mol. The van der Waals surface area contributed by atoms with Crippen LogP contribution in [0.5, 0.6) is 5.75 Å². The third kappa shape index (κ3) is 7.45. The molecule has 0 aliphatic carbocycles. The summed E-state index contributed by atoms with van der Waals surface area (Å²) in [4.78, 5) is 19.7. The normalized spacial score (nSPS) is 13.8. The number of halogens is 2. The van der Waals surface area contributed by atoms with Crippen LogP contribution in [0.2, 0.25) is 0 Å². The number of hydrogen-bond acceptors (Lipinski definition) is 5. The number of carbonyl (C=O) groups excluding carboxylic acids is 1. The average molecular weight is 523 g/mol. The van der Waals surface area contributed by atoms with E-state index in [0.29, 0.717) is 12.3 Å². The highest BCUT2D eigenvalue weighted by molar-refractivity contribution is 5.99. The molecule has 0 bridgehead atoms. The molecule has 1 aliphatic heterocycles. The Morgan fingerprint density at radius 1 is 1.21 bits per heavy atom. The lowest BCUT2D eigenvalue weighted by Gasteiger charge is -2.31. The van der Waals surface area contributed by atoms with E-state index in [2.05, 4.69) is 34.6 Å². The maximum absolute atomic E-state index is 15.2. The van der Waals surface area contributed by atoms with Crippen LogP contribution in [0.1, 0.15) is 56.4 Å². The molecule has 1 aliphatic rings. The van der Waals surface area contributed by atoms with Crippen LogP contribution in [-0.2, 0) is 0 Å². The molecule has 1 amide bonds. The second-order valence-corrected chi connectivity index (χ2v) is 8.58. The number of aromatic nitrogens is 1. The number of terminal acetylenes is 1. The van der Waals surface area contributed by atoms with Crippen molar-refractivity contribution in [1.82, 2.24) is 15.2 Å². The summed E-state index contributed by atoms with van der Waals surface area (Å²) in [7, 11) is 0. The topological polar surface area (TPSA) is 80.5 Å². The van der Waals surface area contributed by atoms with Crippen molar-refractivity contribution in [3.05, 3.63) is 77.8 Å². The summed E-state index contributed by atoms with van der Waals surface area (Å²) in [5, 5.41) is 2.83. The molecular weight excluding hydrogens is 486 g/mol. The molecule has 0 unspecified atom stereocenters. The second-order valence-electron chi connectivity index (χ2n) is 8.58. The van der Waals surface area contributed by atoms with Crippen molar-refractivity contribution in [1.29, 1.82) is 0 Å². The fraction of sp³-hybridized carbons (Fsp3) is 0.333. The molecule has 38 heavy (non-hydrogen) atoms. The van der Waals surface area contributed by atoms with Gasteiger partial charge < -0.3 is 20.7 Å². The Kier molecular flexibility index (Phi) is 12.0. The number of unbranched alkanes of at least 4 members (excludes halogenated alkanes) is 1. The molecule has 2 heterocycles. The van der Waals surface area contributed by atoms with Crippen molar-refractivity contribution in [3.8, 4) is 29.9 Å². The molecule has 202 valence electrons. The Hall–Kier alpha value is -4.12. The Balaban J connectivity index is 0.00000247. The molecule has 1 fully saturated rings. The van der Waals surface area contributed by atoms with Crippen LogP contribution in [-0.4, -0.2) is 35.5 Å². The fourth-order valence-electron chi connectivity index (χ4n) is 4.06. The number of nitrogens with zero attached hydrogens (tertiary/aromatic N) is 2. The SMILES string of the molecule is C#C.C=C/C(NC(=O)c1nc(-c2c(F)ccc(OCCCC)c2F)ccc1N)=C(\C=C/C)N1CCCCC1. The summed E-state index contributed by atoms with van der Waals surface area (Å²) in [5.74, 6) is -2.36. The maximum atomic E-state index is 15.2. The maximum Gasteiger partial charge on any atom is 0.276 e. The average Bonchev–Trinajstić information content (AvgIpc) is 2.94. The van der Waals surface area contributed by atoms with Gasteiger partial charge in [0.1, 0.15) is 5.82 Å². The van der Waals surface area contributed by atoms with Gasteiger partial charge in [-0.25, -0.2) is 13.8 Å². The number of carbonyl (C=O) groups is 1. The number of pyridine rings is 1. The molecule has 0 radical (unpaired) electrons. The molecule has 6 nitrogen and oxygen atoms in total. The molecule has 3 rings (SSSR count). The fourth-order valence-corrected chi connectivity index (χ4v) is 4.06. The van der Waals surface area contributed by atoms with Crippen molar-refractivity contribution >= 4 is 11.6 Å². The van der Waals surface area contributed by atoms with Gasteiger partial charge in [0.05, 0.1) is 34.9 Å². The molecule has 0 spiro atoms.